The van der Waals surface area contributed by atoms with Gasteiger partial charge in [0, 0.05) is 18.3 Å². The van der Waals surface area contributed by atoms with E-state index in [0.717, 1.165) is 36.3 Å². The molecule has 3 saturated carbocycles. The number of hydrogen-bond donors (Lipinski definition) is 2. The standard InChI is InChI=1S/C28H31F7O2/c1-17-19(15-20(36)16-22(17)29)7-6-18-5-3-10-24(2)21(18)8-9-23(24)25(13-14-25)11-4-12-26(37,27(30,31)32)28(33,34)35/h6-7,9,20-22,36-37H,1,3,5,8,10-11,13-16H2,2H3/b18-6+,19-7-/t20?,21?,22-,24-/m0/s1. The molecule has 204 valence electrons. The lowest BCUT2D eigenvalue weighted by molar-refractivity contribution is -0.343. The molecular formula is C28H31F7O2. The van der Waals surface area contributed by atoms with E-state index in [2.05, 4.69) is 25.5 Å². The largest absolute Gasteiger partial charge is 0.438 e. The zero-order chi connectivity index (χ0) is 27.4. The first-order chi connectivity index (χ1) is 17.0. The predicted molar refractivity (Wildman–Crippen MR) is 125 cm³/mol. The Bertz CT molecular complexity index is 1080. The summed E-state index contributed by atoms with van der Waals surface area (Å²) >= 11 is 0. The smallest absolute Gasteiger partial charge is 0.393 e. The highest BCUT2D eigenvalue weighted by Crippen LogP contribution is 2.67. The van der Waals surface area contributed by atoms with E-state index in [-0.39, 0.29) is 24.2 Å². The Balaban J connectivity index is 1.55. The van der Waals surface area contributed by atoms with Crippen molar-refractivity contribution in [3.05, 3.63) is 47.1 Å². The molecule has 0 aromatic rings. The van der Waals surface area contributed by atoms with Crippen molar-refractivity contribution < 1.29 is 40.9 Å². The minimum Gasteiger partial charge on any atom is -0.393 e. The molecule has 4 rings (SSSR count). The Kier molecular flexibility index (Phi) is 7.03. The van der Waals surface area contributed by atoms with Gasteiger partial charge in [0.25, 0.3) is 0 Å². The topological polar surface area (TPSA) is 40.5 Å². The number of allylic oxidation sites excluding steroid dienone is 6. The third-order valence-electron chi connectivity index (χ3n) is 8.72. The van der Waals surface area contributed by atoms with Crippen LogP contribution in [0.5, 0.6) is 0 Å². The van der Waals surface area contributed by atoms with E-state index >= 15 is 0 Å². The van der Waals surface area contributed by atoms with E-state index in [0.29, 0.717) is 36.8 Å². The van der Waals surface area contributed by atoms with Crippen molar-refractivity contribution in [3.8, 4) is 11.8 Å². The molecule has 0 heterocycles. The van der Waals surface area contributed by atoms with E-state index < -0.39 is 35.6 Å². The molecule has 0 aromatic heterocycles. The number of halogens is 7. The Hall–Kier alpha value is -2.05. The van der Waals surface area contributed by atoms with Gasteiger partial charge in [-0.05, 0) is 73.3 Å². The molecule has 3 fully saturated rings. The lowest BCUT2D eigenvalue weighted by Crippen LogP contribution is -2.55. The average Bonchev–Trinajstić information content (AvgIpc) is 3.46. The van der Waals surface area contributed by atoms with Gasteiger partial charge in [-0.15, -0.1) is 0 Å². The highest BCUT2D eigenvalue weighted by Gasteiger charge is 2.70. The lowest BCUT2D eigenvalue weighted by atomic mass is 9.61. The van der Waals surface area contributed by atoms with Crippen molar-refractivity contribution in [1.29, 1.82) is 0 Å². The second kappa shape index (κ2) is 9.30. The molecule has 0 spiro atoms. The van der Waals surface area contributed by atoms with Crippen molar-refractivity contribution in [3.63, 3.8) is 0 Å². The van der Waals surface area contributed by atoms with Gasteiger partial charge < -0.3 is 10.2 Å². The molecule has 0 saturated heterocycles. The molecule has 4 aliphatic rings. The van der Waals surface area contributed by atoms with Crippen molar-refractivity contribution in [2.45, 2.75) is 94.9 Å². The Morgan fingerprint density at radius 1 is 1.11 bits per heavy atom. The van der Waals surface area contributed by atoms with Gasteiger partial charge in [-0.3, -0.25) is 0 Å². The maximum atomic E-state index is 14.1. The molecule has 9 heteroatoms. The molecule has 2 N–H and O–H groups in total. The van der Waals surface area contributed by atoms with Crippen molar-refractivity contribution in [2.24, 2.45) is 16.7 Å². The summed E-state index contributed by atoms with van der Waals surface area (Å²) in [5, 5.41) is 19.3. The summed E-state index contributed by atoms with van der Waals surface area (Å²) in [6.45, 7) is 5.91. The molecule has 0 amide bonds. The van der Waals surface area contributed by atoms with E-state index in [1.165, 1.54) is 0 Å². The van der Waals surface area contributed by atoms with Crippen LogP contribution in [0.25, 0.3) is 0 Å². The minimum atomic E-state index is -5.96. The number of fused-ring (bicyclic) bond motifs is 1. The van der Waals surface area contributed by atoms with Crippen molar-refractivity contribution in [1.82, 2.24) is 0 Å². The minimum absolute atomic E-state index is 0.0367. The van der Waals surface area contributed by atoms with Crippen molar-refractivity contribution in [2.75, 3.05) is 0 Å². The molecule has 37 heavy (non-hydrogen) atoms. The van der Waals surface area contributed by atoms with Crippen LogP contribution in [-0.2, 0) is 0 Å². The van der Waals surface area contributed by atoms with Crippen LogP contribution in [0.2, 0.25) is 0 Å². The molecule has 4 atom stereocenters. The first kappa shape index (κ1) is 28.0. The number of aliphatic hydroxyl groups excluding tert-OH is 1. The van der Waals surface area contributed by atoms with Crippen LogP contribution in [-0.4, -0.2) is 40.4 Å². The normalized spacial score (nSPS) is 34.2. The van der Waals surface area contributed by atoms with Crippen LogP contribution in [0.3, 0.4) is 0 Å². The average molecular weight is 533 g/mol. The number of aliphatic hydroxyl groups is 2. The van der Waals surface area contributed by atoms with Gasteiger partial charge in [0.1, 0.15) is 6.17 Å². The molecule has 2 unspecified atom stereocenters. The Labute approximate surface area is 212 Å². The van der Waals surface area contributed by atoms with Gasteiger partial charge in [-0.25, -0.2) is 4.39 Å². The highest BCUT2D eigenvalue weighted by atomic mass is 19.4. The summed E-state index contributed by atoms with van der Waals surface area (Å²) in [5.74, 6) is 3.27. The fraction of sp³-hybridized carbons (Fsp3) is 0.643. The van der Waals surface area contributed by atoms with Gasteiger partial charge in [0.2, 0.25) is 0 Å². The van der Waals surface area contributed by atoms with Crippen LogP contribution < -0.4 is 0 Å². The summed E-state index contributed by atoms with van der Waals surface area (Å²) in [6, 6.07) is 0. The van der Waals surface area contributed by atoms with Crippen LogP contribution in [0.15, 0.2) is 47.1 Å². The monoisotopic (exact) mass is 532 g/mol. The van der Waals surface area contributed by atoms with Gasteiger partial charge in [0.15, 0.2) is 0 Å². The summed E-state index contributed by atoms with van der Waals surface area (Å²) in [6.07, 6.45) is -3.48. The van der Waals surface area contributed by atoms with Gasteiger partial charge in [-0.2, -0.15) is 26.3 Å². The second-order valence-electron chi connectivity index (χ2n) is 11.2. The number of hydrogen-bond acceptors (Lipinski definition) is 2. The van der Waals surface area contributed by atoms with Crippen molar-refractivity contribution >= 4 is 0 Å². The van der Waals surface area contributed by atoms with E-state index in [1.54, 1.807) is 0 Å². The zero-order valence-corrected chi connectivity index (χ0v) is 20.6. The number of rotatable bonds is 3. The highest BCUT2D eigenvalue weighted by molar-refractivity contribution is 5.43. The van der Waals surface area contributed by atoms with Crippen LogP contribution in [0.1, 0.15) is 64.7 Å². The van der Waals surface area contributed by atoms with E-state index in [4.69, 9.17) is 0 Å². The van der Waals surface area contributed by atoms with E-state index in [9.17, 15) is 40.9 Å². The first-order valence-electron chi connectivity index (χ1n) is 12.5. The third-order valence-corrected chi connectivity index (χ3v) is 8.72. The SMILES string of the molecule is C=C1/C(=C\C=C2/CCC[C@]3(C)C(C4(CC#CC(O)(C(F)(F)F)C(F)(F)F)CC4)=CCC23)CC(O)C[C@@H]1F. The van der Waals surface area contributed by atoms with E-state index in [1.807, 2.05) is 12.2 Å². The van der Waals surface area contributed by atoms with Crippen LogP contribution in [0, 0.1) is 28.6 Å². The summed E-state index contributed by atoms with van der Waals surface area (Å²) < 4.78 is 92.1. The summed E-state index contributed by atoms with van der Waals surface area (Å²) in [5.41, 5.74) is -2.72. The molecule has 0 bridgehead atoms. The molecular weight excluding hydrogens is 501 g/mol. The fourth-order valence-electron chi connectivity index (χ4n) is 6.41. The maximum absolute atomic E-state index is 14.1. The Morgan fingerprint density at radius 3 is 2.35 bits per heavy atom. The summed E-state index contributed by atoms with van der Waals surface area (Å²) in [4.78, 5) is 0. The maximum Gasteiger partial charge on any atom is 0.438 e. The van der Waals surface area contributed by atoms with Gasteiger partial charge >= 0.3 is 18.0 Å². The quantitative estimate of drug-likeness (QED) is 0.232. The Morgan fingerprint density at radius 2 is 1.76 bits per heavy atom. The van der Waals surface area contributed by atoms with Gasteiger partial charge in [-0.1, -0.05) is 48.8 Å². The molecule has 0 aliphatic heterocycles. The van der Waals surface area contributed by atoms with Crippen LogP contribution >= 0.6 is 0 Å². The third kappa shape index (κ3) is 4.92. The summed E-state index contributed by atoms with van der Waals surface area (Å²) in [7, 11) is 0. The predicted octanol–water partition coefficient (Wildman–Crippen LogP) is 7.05. The fourth-order valence-corrected chi connectivity index (χ4v) is 6.41. The van der Waals surface area contributed by atoms with Gasteiger partial charge in [0.05, 0.1) is 6.10 Å². The molecule has 0 aromatic carbocycles. The molecule has 2 nitrogen and oxygen atoms in total. The molecule has 0 radical (unpaired) electrons. The lowest BCUT2D eigenvalue weighted by Gasteiger charge is -2.43. The molecule has 4 aliphatic carbocycles. The zero-order valence-electron chi connectivity index (χ0n) is 20.6. The number of alkyl halides is 7. The van der Waals surface area contributed by atoms with Crippen LogP contribution in [0.4, 0.5) is 30.7 Å². The first-order valence-corrected chi connectivity index (χ1v) is 12.5. The second-order valence-corrected chi connectivity index (χ2v) is 11.2.